The van der Waals surface area contributed by atoms with Gasteiger partial charge in [-0.15, -0.1) is 0 Å². The summed E-state index contributed by atoms with van der Waals surface area (Å²) in [7, 11) is 0. The molecule has 0 unspecified atom stereocenters. The Labute approximate surface area is 138 Å². The van der Waals surface area contributed by atoms with Crippen LogP contribution in [0.4, 0.5) is 15.0 Å². The van der Waals surface area contributed by atoms with Crippen LogP contribution in [0, 0.1) is 5.82 Å². The lowest BCUT2D eigenvalue weighted by molar-refractivity contribution is 0.174. The van der Waals surface area contributed by atoms with Gasteiger partial charge in [-0.3, -0.25) is 5.32 Å². The van der Waals surface area contributed by atoms with E-state index in [9.17, 15) is 14.3 Å². The molecule has 0 aliphatic carbocycles. The Balaban J connectivity index is 1.91. The van der Waals surface area contributed by atoms with Crippen LogP contribution in [0.25, 0.3) is 0 Å². The maximum absolute atomic E-state index is 13.4. The van der Waals surface area contributed by atoms with Gasteiger partial charge in [0.25, 0.3) is 0 Å². The zero-order valence-corrected chi connectivity index (χ0v) is 13.5. The highest BCUT2D eigenvalue weighted by molar-refractivity contribution is 6.30. The van der Waals surface area contributed by atoms with Crippen LogP contribution in [-0.2, 0) is 0 Å². The number of aromatic nitrogens is 2. The Morgan fingerprint density at radius 3 is 2.83 bits per heavy atom. The van der Waals surface area contributed by atoms with Gasteiger partial charge < -0.3 is 10.4 Å². The molecule has 0 saturated heterocycles. The molecule has 6 nitrogen and oxygen atoms in total. The van der Waals surface area contributed by atoms with Crippen molar-refractivity contribution >= 4 is 23.4 Å². The fourth-order valence-corrected chi connectivity index (χ4v) is 2.13. The summed E-state index contributed by atoms with van der Waals surface area (Å²) >= 11 is 5.59. The monoisotopic (exact) mass is 340 g/mol. The second-order valence-electron chi connectivity index (χ2n) is 5.28. The van der Waals surface area contributed by atoms with Crippen LogP contribution in [0.2, 0.25) is 5.02 Å². The molecule has 1 aromatic carbocycles. The minimum absolute atomic E-state index is 0.0198. The fourth-order valence-electron chi connectivity index (χ4n) is 2.01. The van der Waals surface area contributed by atoms with Crippen molar-refractivity contribution in [3.05, 3.63) is 46.9 Å². The number of anilines is 1. The molecule has 124 valence electrons. The third-order valence-corrected chi connectivity index (χ3v) is 3.49. The van der Waals surface area contributed by atoms with E-state index in [2.05, 4.69) is 15.7 Å². The van der Waals surface area contributed by atoms with Crippen LogP contribution in [0.3, 0.4) is 0 Å². The van der Waals surface area contributed by atoms with Crippen LogP contribution in [-0.4, -0.2) is 27.5 Å². The van der Waals surface area contributed by atoms with Crippen molar-refractivity contribution < 1.29 is 14.3 Å². The molecule has 2 aromatic rings. The number of aliphatic hydroxyl groups is 1. The van der Waals surface area contributed by atoms with E-state index >= 15 is 0 Å². The number of benzene rings is 1. The number of amides is 2. The van der Waals surface area contributed by atoms with Crippen molar-refractivity contribution in [3.8, 4) is 0 Å². The van der Waals surface area contributed by atoms with Crippen molar-refractivity contribution in [2.75, 3.05) is 11.9 Å². The number of urea groups is 1. The first-order valence-corrected chi connectivity index (χ1v) is 7.47. The molecule has 23 heavy (non-hydrogen) atoms. The van der Waals surface area contributed by atoms with Crippen LogP contribution in [0.15, 0.2) is 30.5 Å². The maximum Gasteiger partial charge on any atom is 0.320 e. The predicted molar refractivity (Wildman–Crippen MR) is 86.0 cm³/mol. The Morgan fingerprint density at radius 1 is 1.43 bits per heavy atom. The number of carbonyl (C=O) groups is 1. The van der Waals surface area contributed by atoms with E-state index in [1.807, 2.05) is 13.8 Å². The Bertz CT molecular complexity index is 690. The molecule has 2 amide bonds. The first kappa shape index (κ1) is 17.2. The Kier molecular flexibility index (Phi) is 5.57. The van der Waals surface area contributed by atoms with Gasteiger partial charge in [-0.1, -0.05) is 17.7 Å². The SMILES string of the molecule is CC(C)n1nccc1NC(=O)NC[C@H](O)c1ccc(Cl)c(F)c1. The van der Waals surface area contributed by atoms with Gasteiger partial charge in [0, 0.05) is 18.7 Å². The quantitative estimate of drug-likeness (QED) is 0.782. The highest BCUT2D eigenvalue weighted by Gasteiger charge is 2.13. The van der Waals surface area contributed by atoms with Gasteiger partial charge in [-0.25, -0.2) is 13.9 Å². The van der Waals surface area contributed by atoms with Gasteiger partial charge in [-0.05, 0) is 31.5 Å². The van der Waals surface area contributed by atoms with Crippen LogP contribution >= 0.6 is 11.6 Å². The number of nitrogens with zero attached hydrogens (tertiary/aromatic N) is 2. The predicted octanol–water partition coefficient (Wildman–Crippen LogP) is 3.11. The molecule has 2 rings (SSSR count). The molecule has 0 spiro atoms. The summed E-state index contributed by atoms with van der Waals surface area (Å²) < 4.78 is 15.0. The molecule has 0 aliphatic rings. The fraction of sp³-hybridized carbons (Fsp3) is 0.333. The summed E-state index contributed by atoms with van der Waals surface area (Å²) in [4.78, 5) is 11.9. The molecule has 0 aliphatic heterocycles. The van der Waals surface area contributed by atoms with Gasteiger partial charge in [0.15, 0.2) is 0 Å². The summed E-state index contributed by atoms with van der Waals surface area (Å²) in [5, 5.41) is 19.2. The topological polar surface area (TPSA) is 79.2 Å². The maximum atomic E-state index is 13.4. The molecular weight excluding hydrogens is 323 g/mol. The summed E-state index contributed by atoms with van der Waals surface area (Å²) in [5.41, 5.74) is 0.333. The molecule has 0 radical (unpaired) electrons. The zero-order chi connectivity index (χ0) is 17.0. The smallest absolute Gasteiger partial charge is 0.320 e. The van der Waals surface area contributed by atoms with Crippen LogP contribution in [0.5, 0.6) is 0 Å². The van der Waals surface area contributed by atoms with Gasteiger partial charge in [0.2, 0.25) is 0 Å². The first-order valence-electron chi connectivity index (χ1n) is 7.10. The van der Waals surface area contributed by atoms with Gasteiger partial charge >= 0.3 is 6.03 Å². The number of rotatable bonds is 5. The van der Waals surface area contributed by atoms with Gasteiger partial charge in [0.1, 0.15) is 11.6 Å². The summed E-state index contributed by atoms with van der Waals surface area (Å²) in [6.45, 7) is 3.81. The minimum atomic E-state index is -1.04. The number of aliphatic hydroxyl groups excluding tert-OH is 1. The lowest BCUT2D eigenvalue weighted by atomic mass is 10.1. The van der Waals surface area contributed by atoms with Gasteiger partial charge in [-0.2, -0.15) is 5.10 Å². The van der Waals surface area contributed by atoms with E-state index < -0.39 is 18.0 Å². The normalized spacial score (nSPS) is 12.3. The Hall–Kier alpha value is -2.12. The van der Waals surface area contributed by atoms with E-state index in [1.54, 1.807) is 16.9 Å². The van der Waals surface area contributed by atoms with E-state index in [1.165, 1.54) is 12.1 Å². The Morgan fingerprint density at radius 2 is 2.17 bits per heavy atom. The second-order valence-corrected chi connectivity index (χ2v) is 5.69. The highest BCUT2D eigenvalue weighted by atomic mass is 35.5. The van der Waals surface area contributed by atoms with Gasteiger partial charge in [0.05, 0.1) is 17.3 Å². The molecule has 1 aromatic heterocycles. The summed E-state index contributed by atoms with van der Waals surface area (Å²) in [5.74, 6) is -0.0713. The van der Waals surface area contributed by atoms with E-state index in [0.717, 1.165) is 6.07 Å². The van der Waals surface area contributed by atoms with Crippen molar-refractivity contribution in [2.45, 2.75) is 26.0 Å². The molecule has 0 saturated carbocycles. The standard InChI is InChI=1S/C15H18ClFN4O2/c1-9(2)21-14(5-6-19-21)20-15(23)18-8-13(22)10-3-4-11(16)12(17)7-10/h3-7,9,13,22H,8H2,1-2H3,(H2,18,20,23)/t13-/m0/s1. The van der Waals surface area contributed by atoms with Crippen molar-refractivity contribution in [1.82, 2.24) is 15.1 Å². The second kappa shape index (κ2) is 7.43. The third kappa shape index (κ3) is 4.43. The molecule has 3 N–H and O–H groups in total. The number of halogens is 2. The summed E-state index contributed by atoms with van der Waals surface area (Å²) in [6, 6.07) is 5.29. The van der Waals surface area contributed by atoms with Crippen LogP contribution < -0.4 is 10.6 Å². The highest BCUT2D eigenvalue weighted by Crippen LogP contribution is 2.20. The van der Waals surface area contributed by atoms with E-state index in [-0.39, 0.29) is 17.6 Å². The van der Waals surface area contributed by atoms with Crippen molar-refractivity contribution in [3.63, 3.8) is 0 Å². The lowest BCUT2D eigenvalue weighted by Crippen LogP contribution is -2.33. The van der Waals surface area contributed by atoms with E-state index in [0.29, 0.717) is 11.4 Å². The average Bonchev–Trinajstić information content (AvgIpc) is 2.96. The molecule has 0 bridgehead atoms. The van der Waals surface area contributed by atoms with Crippen molar-refractivity contribution in [2.24, 2.45) is 0 Å². The number of nitrogens with one attached hydrogen (secondary N) is 2. The largest absolute Gasteiger partial charge is 0.387 e. The first-order chi connectivity index (χ1) is 10.9. The number of hydrogen-bond acceptors (Lipinski definition) is 3. The molecule has 0 fully saturated rings. The number of carbonyl (C=O) groups excluding carboxylic acids is 1. The summed E-state index contributed by atoms with van der Waals surface area (Å²) in [6.07, 6.45) is 0.545. The molecule has 1 atom stereocenters. The zero-order valence-electron chi connectivity index (χ0n) is 12.8. The lowest BCUT2D eigenvalue weighted by Gasteiger charge is -2.15. The number of hydrogen-bond donors (Lipinski definition) is 3. The average molecular weight is 341 g/mol. The molecule has 1 heterocycles. The molecular formula is C15H18ClFN4O2. The van der Waals surface area contributed by atoms with E-state index in [4.69, 9.17) is 11.6 Å². The molecule has 8 heteroatoms. The van der Waals surface area contributed by atoms with Crippen LogP contribution in [0.1, 0.15) is 31.6 Å². The third-order valence-electron chi connectivity index (χ3n) is 3.19. The minimum Gasteiger partial charge on any atom is -0.387 e. The van der Waals surface area contributed by atoms with Crippen molar-refractivity contribution in [1.29, 1.82) is 0 Å².